The monoisotopic (exact) mass is 251 g/mol. The van der Waals surface area contributed by atoms with Gasteiger partial charge in [-0.05, 0) is 39.6 Å². The largest absolute Gasteiger partial charge is 0.387 e. The Bertz CT molecular complexity index is 416. The summed E-state index contributed by atoms with van der Waals surface area (Å²) in [5.74, 6) is -0.217. The molecule has 18 heavy (non-hydrogen) atoms. The van der Waals surface area contributed by atoms with Crippen LogP contribution in [0.4, 0.5) is 0 Å². The van der Waals surface area contributed by atoms with E-state index in [0.717, 1.165) is 5.56 Å². The highest BCUT2D eigenvalue weighted by Gasteiger charge is 2.22. The van der Waals surface area contributed by atoms with E-state index in [4.69, 9.17) is 0 Å². The summed E-state index contributed by atoms with van der Waals surface area (Å²) >= 11 is 0. The molecule has 5 heteroatoms. The molecule has 1 heterocycles. The minimum Gasteiger partial charge on any atom is -0.387 e. The molecule has 1 aromatic heterocycles. The molecule has 0 fully saturated rings. The molecule has 1 amide bonds. The molecule has 0 aliphatic heterocycles. The van der Waals surface area contributed by atoms with Gasteiger partial charge in [-0.15, -0.1) is 0 Å². The maximum atomic E-state index is 11.9. The van der Waals surface area contributed by atoms with Gasteiger partial charge in [-0.1, -0.05) is 0 Å². The number of hydrogen-bond donors (Lipinski definition) is 2. The van der Waals surface area contributed by atoms with E-state index in [1.807, 2.05) is 25.9 Å². The zero-order chi connectivity index (χ0) is 13.8. The second-order valence-corrected chi connectivity index (χ2v) is 5.17. The van der Waals surface area contributed by atoms with E-state index in [9.17, 15) is 9.90 Å². The van der Waals surface area contributed by atoms with Crippen LogP contribution < -0.4 is 5.32 Å². The molecular weight excluding hydrogens is 230 g/mol. The van der Waals surface area contributed by atoms with Gasteiger partial charge in [0.1, 0.15) is 0 Å². The van der Waals surface area contributed by atoms with E-state index in [0.29, 0.717) is 12.1 Å². The van der Waals surface area contributed by atoms with E-state index in [1.165, 1.54) is 6.20 Å². The summed E-state index contributed by atoms with van der Waals surface area (Å²) in [5.41, 5.74) is 0.495. The molecule has 0 bridgehead atoms. The summed E-state index contributed by atoms with van der Waals surface area (Å²) in [4.78, 5) is 17.7. The Balaban J connectivity index is 2.56. The zero-order valence-corrected chi connectivity index (χ0v) is 11.4. The van der Waals surface area contributed by atoms with Crippen molar-refractivity contribution in [2.24, 2.45) is 0 Å². The van der Waals surface area contributed by atoms with E-state index >= 15 is 0 Å². The number of likely N-dealkylation sites (N-methyl/N-ethyl adjacent to an activating group) is 1. The summed E-state index contributed by atoms with van der Waals surface area (Å²) in [6, 6.07) is 1.77. The zero-order valence-electron chi connectivity index (χ0n) is 11.4. The standard InChI is InChI=1S/C13H21N3O2/c1-10-5-11(7-14-6-10)12(17)15-8-13(2,18)9-16(3)4/h5-7,18H,8-9H2,1-4H3,(H,15,17). The molecule has 100 valence electrons. The topological polar surface area (TPSA) is 65.5 Å². The number of aromatic nitrogens is 1. The number of aliphatic hydroxyl groups is 1. The van der Waals surface area contributed by atoms with Crippen molar-refractivity contribution in [3.63, 3.8) is 0 Å². The molecule has 0 saturated carbocycles. The fraction of sp³-hybridized carbons (Fsp3) is 0.538. The average Bonchev–Trinajstić information content (AvgIpc) is 2.24. The Morgan fingerprint density at radius 3 is 2.72 bits per heavy atom. The first-order valence-corrected chi connectivity index (χ1v) is 5.87. The summed E-state index contributed by atoms with van der Waals surface area (Å²) in [5, 5.41) is 12.8. The lowest BCUT2D eigenvalue weighted by Crippen LogP contribution is -2.47. The quantitative estimate of drug-likeness (QED) is 0.796. The van der Waals surface area contributed by atoms with E-state index in [-0.39, 0.29) is 12.5 Å². The van der Waals surface area contributed by atoms with Crippen molar-refractivity contribution in [2.75, 3.05) is 27.2 Å². The van der Waals surface area contributed by atoms with Gasteiger partial charge >= 0.3 is 0 Å². The lowest BCUT2D eigenvalue weighted by atomic mass is 10.1. The van der Waals surface area contributed by atoms with Crippen LogP contribution >= 0.6 is 0 Å². The van der Waals surface area contributed by atoms with Crippen LogP contribution in [0.5, 0.6) is 0 Å². The Morgan fingerprint density at radius 1 is 1.50 bits per heavy atom. The first-order chi connectivity index (χ1) is 8.30. The summed E-state index contributed by atoms with van der Waals surface area (Å²) in [6.45, 7) is 4.27. The molecule has 0 aromatic carbocycles. The van der Waals surface area contributed by atoms with Crippen molar-refractivity contribution in [3.8, 4) is 0 Å². The molecule has 1 aromatic rings. The van der Waals surface area contributed by atoms with Crippen molar-refractivity contribution in [1.29, 1.82) is 0 Å². The Hall–Kier alpha value is -1.46. The number of carbonyl (C=O) groups excluding carboxylic acids is 1. The van der Waals surface area contributed by atoms with Crippen LogP contribution in [-0.2, 0) is 0 Å². The first-order valence-electron chi connectivity index (χ1n) is 5.87. The normalized spacial score (nSPS) is 14.3. The minimum absolute atomic E-state index is 0.206. The van der Waals surface area contributed by atoms with Crippen LogP contribution in [0.1, 0.15) is 22.8 Å². The summed E-state index contributed by atoms with van der Waals surface area (Å²) in [6.07, 6.45) is 3.21. The molecule has 1 unspecified atom stereocenters. The van der Waals surface area contributed by atoms with Crippen LogP contribution in [0.3, 0.4) is 0 Å². The minimum atomic E-state index is -0.948. The molecular formula is C13H21N3O2. The van der Waals surface area contributed by atoms with Crippen LogP contribution in [0.2, 0.25) is 0 Å². The van der Waals surface area contributed by atoms with E-state index in [1.54, 1.807) is 19.2 Å². The second kappa shape index (κ2) is 5.93. The molecule has 1 atom stereocenters. The summed E-state index contributed by atoms with van der Waals surface area (Å²) < 4.78 is 0. The van der Waals surface area contributed by atoms with Gasteiger partial charge in [0.05, 0.1) is 11.2 Å². The number of amides is 1. The number of pyridine rings is 1. The number of aryl methyl sites for hydroxylation is 1. The number of rotatable bonds is 5. The molecule has 1 rings (SSSR count). The number of nitrogens with one attached hydrogen (secondary N) is 1. The molecule has 2 N–H and O–H groups in total. The van der Waals surface area contributed by atoms with Gasteiger partial charge in [0.25, 0.3) is 5.91 Å². The van der Waals surface area contributed by atoms with Crippen LogP contribution in [0.25, 0.3) is 0 Å². The van der Waals surface area contributed by atoms with Crippen molar-refractivity contribution >= 4 is 5.91 Å². The predicted octanol–water partition coefficient (Wildman–Crippen LogP) is 0.432. The molecule has 0 spiro atoms. The molecule has 0 radical (unpaired) electrons. The van der Waals surface area contributed by atoms with Gasteiger partial charge in [0.2, 0.25) is 0 Å². The van der Waals surface area contributed by atoms with Crippen LogP contribution in [0.15, 0.2) is 18.5 Å². The smallest absolute Gasteiger partial charge is 0.252 e. The SMILES string of the molecule is Cc1cncc(C(=O)NCC(C)(O)CN(C)C)c1. The molecule has 0 aliphatic rings. The van der Waals surface area contributed by atoms with Gasteiger partial charge < -0.3 is 15.3 Å². The molecule has 0 aliphatic carbocycles. The lowest BCUT2D eigenvalue weighted by molar-refractivity contribution is 0.0326. The van der Waals surface area contributed by atoms with Crippen molar-refractivity contribution < 1.29 is 9.90 Å². The first kappa shape index (κ1) is 14.6. The third kappa shape index (κ3) is 4.81. The Labute approximate surface area is 108 Å². The number of hydrogen-bond acceptors (Lipinski definition) is 4. The van der Waals surface area contributed by atoms with Gasteiger partial charge in [0.15, 0.2) is 0 Å². The lowest BCUT2D eigenvalue weighted by Gasteiger charge is -2.27. The van der Waals surface area contributed by atoms with Crippen molar-refractivity contribution in [3.05, 3.63) is 29.6 Å². The third-order valence-corrected chi connectivity index (χ3v) is 2.42. The van der Waals surface area contributed by atoms with Gasteiger partial charge in [-0.2, -0.15) is 0 Å². The van der Waals surface area contributed by atoms with Gasteiger partial charge in [-0.25, -0.2) is 0 Å². The highest BCUT2D eigenvalue weighted by atomic mass is 16.3. The van der Waals surface area contributed by atoms with Gasteiger partial charge in [-0.3, -0.25) is 9.78 Å². The summed E-state index contributed by atoms with van der Waals surface area (Å²) in [7, 11) is 3.75. The predicted molar refractivity (Wildman–Crippen MR) is 70.5 cm³/mol. The fourth-order valence-corrected chi connectivity index (χ4v) is 1.79. The van der Waals surface area contributed by atoms with Gasteiger partial charge in [0, 0.05) is 25.5 Å². The maximum Gasteiger partial charge on any atom is 0.252 e. The number of nitrogens with zero attached hydrogens (tertiary/aromatic N) is 2. The average molecular weight is 251 g/mol. The van der Waals surface area contributed by atoms with Crippen LogP contribution in [-0.4, -0.2) is 53.7 Å². The Kier molecular flexibility index (Phi) is 4.81. The highest BCUT2D eigenvalue weighted by molar-refractivity contribution is 5.94. The maximum absolute atomic E-state index is 11.9. The van der Waals surface area contributed by atoms with E-state index in [2.05, 4.69) is 10.3 Å². The second-order valence-electron chi connectivity index (χ2n) is 5.17. The molecule has 0 saturated heterocycles. The van der Waals surface area contributed by atoms with Crippen molar-refractivity contribution in [2.45, 2.75) is 19.4 Å². The van der Waals surface area contributed by atoms with E-state index < -0.39 is 5.60 Å². The fourth-order valence-electron chi connectivity index (χ4n) is 1.79. The van der Waals surface area contributed by atoms with Crippen molar-refractivity contribution in [1.82, 2.24) is 15.2 Å². The van der Waals surface area contributed by atoms with Crippen LogP contribution in [0, 0.1) is 6.92 Å². The highest BCUT2D eigenvalue weighted by Crippen LogP contribution is 2.05. The third-order valence-electron chi connectivity index (χ3n) is 2.42. The number of carbonyl (C=O) groups is 1. The Morgan fingerprint density at radius 2 is 2.17 bits per heavy atom. The molecule has 5 nitrogen and oxygen atoms in total.